The molecule has 0 N–H and O–H groups in total. The lowest BCUT2D eigenvalue weighted by atomic mass is 9.83. The van der Waals surface area contributed by atoms with Gasteiger partial charge in [0.2, 0.25) is 0 Å². The van der Waals surface area contributed by atoms with Crippen LogP contribution in [0.4, 0.5) is 0 Å². The Hall–Kier alpha value is -0.570. The van der Waals surface area contributed by atoms with E-state index in [0.717, 1.165) is 13.0 Å². The number of carbonyl (C=O) groups excluding carboxylic acids is 1. The molecular weight excluding hydrogens is 166 g/mol. The van der Waals surface area contributed by atoms with Crippen LogP contribution >= 0.6 is 0 Å². The Morgan fingerprint density at radius 3 is 2.38 bits per heavy atom. The van der Waals surface area contributed by atoms with E-state index in [1.807, 2.05) is 13.8 Å². The van der Waals surface area contributed by atoms with Crippen LogP contribution in [0.3, 0.4) is 0 Å². The van der Waals surface area contributed by atoms with Crippen LogP contribution in [0.1, 0.15) is 27.2 Å². The number of hydrogen-bond donors (Lipinski definition) is 0. The molecule has 0 aromatic carbocycles. The number of esters is 1. The van der Waals surface area contributed by atoms with Crippen molar-refractivity contribution in [3.05, 3.63) is 0 Å². The minimum absolute atomic E-state index is 0.117. The van der Waals surface area contributed by atoms with Gasteiger partial charge in [-0.25, -0.2) is 0 Å². The molecule has 1 heterocycles. The molecule has 1 fully saturated rings. The van der Waals surface area contributed by atoms with Crippen molar-refractivity contribution in [3.8, 4) is 0 Å². The Kier molecular flexibility index (Phi) is 2.41. The summed E-state index contributed by atoms with van der Waals surface area (Å²) in [4.78, 5) is 13.7. The molecule has 2 unspecified atom stereocenters. The van der Waals surface area contributed by atoms with E-state index in [9.17, 15) is 4.79 Å². The lowest BCUT2D eigenvalue weighted by molar-refractivity contribution is -0.151. The van der Waals surface area contributed by atoms with Crippen LogP contribution < -0.4 is 0 Å². The van der Waals surface area contributed by atoms with Gasteiger partial charge in [0.15, 0.2) is 0 Å². The highest BCUT2D eigenvalue weighted by atomic mass is 16.5. The second-order valence-electron chi connectivity index (χ2n) is 4.91. The predicted octanol–water partition coefficient (Wildman–Crippen LogP) is 1.28. The topological polar surface area (TPSA) is 29.3 Å². The first-order chi connectivity index (χ1) is 5.82. The minimum atomic E-state index is -0.367. The average Bonchev–Trinajstić information content (AvgIpc) is 2.55. The maximum atomic E-state index is 11.4. The lowest BCUT2D eigenvalue weighted by Gasteiger charge is -2.25. The van der Waals surface area contributed by atoms with Gasteiger partial charge in [-0.15, -0.1) is 0 Å². The summed E-state index contributed by atoms with van der Waals surface area (Å²) < 4.78 is 4.77. The maximum absolute atomic E-state index is 11.4. The molecule has 3 nitrogen and oxygen atoms in total. The summed E-state index contributed by atoms with van der Waals surface area (Å²) in [5, 5.41) is 0. The monoisotopic (exact) mass is 185 g/mol. The summed E-state index contributed by atoms with van der Waals surface area (Å²) in [5.74, 6) is -0.117. The Bertz CT molecular complexity index is 225. The van der Waals surface area contributed by atoms with Gasteiger partial charge in [-0.3, -0.25) is 9.69 Å². The standard InChI is InChI=1S/C10H19NO2/c1-9(2,8(12)13-5)6-10(3)7-11(10)4/h6-7H2,1-5H3. The van der Waals surface area contributed by atoms with Crippen LogP contribution in [0.2, 0.25) is 0 Å². The van der Waals surface area contributed by atoms with Gasteiger partial charge in [-0.05, 0) is 34.2 Å². The van der Waals surface area contributed by atoms with Crippen molar-refractivity contribution < 1.29 is 9.53 Å². The smallest absolute Gasteiger partial charge is 0.311 e. The van der Waals surface area contributed by atoms with Crippen molar-refractivity contribution in [3.63, 3.8) is 0 Å². The van der Waals surface area contributed by atoms with Crippen LogP contribution in [0.25, 0.3) is 0 Å². The third-order valence-corrected chi connectivity index (χ3v) is 2.96. The molecule has 0 saturated carbocycles. The molecular formula is C10H19NO2. The normalized spacial score (nSPS) is 32.8. The highest BCUT2D eigenvalue weighted by Gasteiger charge is 2.49. The maximum Gasteiger partial charge on any atom is 0.311 e. The van der Waals surface area contributed by atoms with Gasteiger partial charge in [0.05, 0.1) is 12.5 Å². The number of likely N-dealkylation sites (N-methyl/N-ethyl adjacent to an activating group) is 1. The summed E-state index contributed by atoms with van der Waals surface area (Å²) in [7, 11) is 3.52. The van der Waals surface area contributed by atoms with Gasteiger partial charge in [0, 0.05) is 12.1 Å². The van der Waals surface area contributed by atoms with E-state index in [4.69, 9.17) is 4.74 Å². The predicted molar refractivity (Wildman–Crippen MR) is 51.4 cm³/mol. The van der Waals surface area contributed by atoms with E-state index in [1.165, 1.54) is 7.11 Å². The number of hydrogen-bond acceptors (Lipinski definition) is 3. The first-order valence-corrected chi connectivity index (χ1v) is 4.61. The SMILES string of the molecule is COC(=O)C(C)(C)CC1(C)CN1C. The van der Waals surface area contributed by atoms with Gasteiger partial charge < -0.3 is 4.74 Å². The summed E-state index contributed by atoms with van der Waals surface area (Å²) in [6, 6.07) is 0. The molecule has 0 aromatic heterocycles. The molecule has 0 aromatic rings. The van der Waals surface area contributed by atoms with E-state index >= 15 is 0 Å². The molecule has 0 spiro atoms. The largest absolute Gasteiger partial charge is 0.469 e. The Labute approximate surface area is 80.1 Å². The van der Waals surface area contributed by atoms with E-state index in [-0.39, 0.29) is 16.9 Å². The number of methoxy groups -OCH3 is 1. The van der Waals surface area contributed by atoms with Gasteiger partial charge in [-0.1, -0.05) is 0 Å². The molecule has 0 aliphatic carbocycles. The number of carbonyl (C=O) groups is 1. The molecule has 1 rings (SSSR count). The second-order valence-corrected chi connectivity index (χ2v) is 4.91. The van der Waals surface area contributed by atoms with Crippen LogP contribution in [0.15, 0.2) is 0 Å². The molecule has 1 aliphatic heterocycles. The van der Waals surface area contributed by atoms with Crippen LogP contribution in [-0.2, 0) is 9.53 Å². The Balaban J connectivity index is 2.57. The fourth-order valence-electron chi connectivity index (χ4n) is 1.97. The summed E-state index contributed by atoms with van der Waals surface area (Å²) in [5.41, 5.74) is -0.161. The third-order valence-electron chi connectivity index (χ3n) is 2.96. The first kappa shape index (κ1) is 10.5. The minimum Gasteiger partial charge on any atom is -0.469 e. The van der Waals surface area contributed by atoms with Gasteiger partial charge in [0.25, 0.3) is 0 Å². The van der Waals surface area contributed by atoms with Crippen molar-refractivity contribution in [1.29, 1.82) is 0 Å². The number of rotatable bonds is 3. The third kappa shape index (κ3) is 2.02. The molecule has 13 heavy (non-hydrogen) atoms. The van der Waals surface area contributed by atoms with Gasteiger partial charge in [0.1, 0.15) is 0 Å². The molecule has 76 valence electrons. The summed E-state index contributed by atoms with van der Waals surface area (Å²) in [6.45, 7) is 7.14. The Morgan fingerprint density at radius 2 is 2.08 bits per heavy atom. The zero-order chi connectivity index (χ0) is 10.3. The van der Waals surface area contributed by atoms with Crippen molar-refractivity contribution >= 4 is 5.97 Å². The van der Waals surface area contributed by atoms with Gasteiger partial charge in [-0.2, -0.15) is 0 Å². The van der Waals surface area contributed by atoms with Crippen molar-refractivity contribution in [1.82, 2.24) is 4.90 Å². The zero-order valence-electron chi connectivity index (χ0n) is 9.18. The second kappa shape index (κ2) is 2.98. The van der Waals surface area contributed by atoms with E-state index in [0.29, 0.717) is 0 Å². The lowest BCUT2D eigenvalue weighted by Crippen LogP contribution is -2.32. The van der Waals surface area contributed by atoms with E-state index < -0.39 is 0 Å². The van der Waals surface area contributed by atoms with Crippen LogP contribution in [0, 0.1) is 5.41 Å². The Morgan fingerprint density at radius 1 is 1.62 bits per heavy atom. The fourth-order valence-corrected chi connectivity index (χ4v) is 1.97. The summed E-state index contributed by atoms with van der Waals surface area (Å²) >= 11 is 0. The number of nitrogens with zero attached hydrogens (tertiary/aromatic N) is 1. The van der Waals surface area contributed by atoms with Crippen molar-refractivity contribution in [2.24, 2.45) is 5.41 Å². The molecule has 1 saturated heterocycles. The average molecular weight is 185 g/mol. The van der Waals surface area contributed by atoms with E-state index in [2.05, 4.69) is 18.9 Å². The highest BCUT2D eigenvalue weighted by molar-refractivity contribution is 5.76. The number of ether oxygens (including phenoxy) is 1. The molecule has 2 atom stereocenters. The first-order valence-electron chi connectivity index (χ1n) is 4.61. The van der Waals surface area contributed by atoms with Gasteiger partial charge >= 0.3 is 5.97 Å². The quantitative estimate of drug-likeness (QED) is 0.490. The van der Waals surface area contributed by atoms with Crippen molar-refractivity contribution in [2.45, 2.75) is 32.7 Å². The van der Waals surface area contributed by atoms with Crippen LogP contribution in [-0.4, -0.2) is 37.1 Å². The van der Waals surface area contributed by atoms with Crippen molar-refractivity contribution in [2.75, 3.05) is 20.7 Å². The zero-order valence-corrected chi connectivity index (χ0v) is 9.18. The molecule has 0 amide bonds. The van der Waals surface area contributed by atoms with Crippen LogP contribution in [0.5, 0.6) is 0 Å². The molecule has 0 radical (unpaired) electrons. The molecule has 0 bridgehead atoms. The molecule has 3 heteroatoms. The molecule has 1 aliphatic rings. The highest BCUT2D eigenvalue weighted by Crippen LogP contribution is 2.40. The van der Waals surface area contributed by atoms with E-state index in [1.54, 1.807) is 0 Å². The fraction of sp³-hybridized carbons (Fsp3) is 0.900. The summed E-state index contributed by atoms with van der Waals surface area (Å²) in [6.07, 6.45) is 0.864.